The van der Waals surface area contributed by atoms with Crippen LogP contribution < -0.4 is 5.32 Å². The number of hydrogen-bond donors (Lipinski definition) is 1. The number of halogens is 3. The molecule has 0 radical (unpaired) electrons. The van der Waals surface area contributed by atoms with Crippen LogP contribution in [0.2, 0.25) is 0 Å². The number of aromatic nitrogens is 1. The Hall–Kier alpha value is -1.88. The van der Waals surface area contributed by atoms with Crippen molar-refractivity contribution in [3.05, 3.63) is 65.2 Å². The summed E-state index contributed by atoms with van der Waals surface area (Å²) in [5, 5.41) is 2.97. The number of likely N-dealkylation sites (N-methyl/N-ethyl adjacent to an activating group) is 1. The highest BCUT2D eigenvalue weighted by atomic mass is 19.1. The molecule has 0 aliphatic rings. The van der Waals surface area contributed by atoms with Gasteiger partial charge in [0.1, 0.15) is 17.5 Å². The van der Waals surface area contributed by atoms with E-state index in [0.717, 1.165) is 12.3 Å². The van der Waals surface area contributed by atoms with Crippen LogP contribution in [0.5, 0.6) is 0 Å². The molecule has 1 atom stereocenters. The fraction of sp³-hybridized carbons (Fsp3) is 0.214. The van der Waals surface area contributed by atoms with Crippen LogP contribution in [-0.4, -0.2) is 12.0 Å². The van der Waals surface area contributed by atoms with Crippen LogP contribution in [0.1, 0.15) is 17.2 Å². The second-order valence-corrected chi connectivity index (χ2v) is 4.22. The smallest absolute Gasteiger partial charge is 0.141 e. The predicted octanol–water partition coefficient (Wildman–Crippen LogP) is 3.00. The Kier molecular flexibility index (Phi) is 4.16. The van der Waals surface area contributed by atoms with Crippen molar-refractivity contribution in [1.29, 1.82) is 0 Å². The van der Waals surface area contributed by atoms with Crippen LogP contribution in [0, 0.1) is 17.5 Å². The number of nitrogens with one attached hydrogen (secondary N) is 1. The molecule has 1 unspecified atom stereocenters. The predicted molar refractivity (Wildman–Crippen MR) is 66.1 cm³/mol. The van der Waals surface area contributed by atoms with Crippen LogP contribution >= 0.6 is 0 Å². The van der Waals surface area contributed by atoms with Gasteiger partial charge >= 0.3 is 0 Å². The van der Waals surface area contributed by atoms with Crippen molar-refractivity contribution >= 4 is 0 Å². The molecule has 0 saturated heterocycles. The molecule has 0 fully saturated rings. The summed E-state index contributed by atoms with van der Waals surface area (Å²) in [7, 11) is 1.69. The van der Waals surface area contributed by atoms with E-state index in [9.17, 15) is 13.2 Å². The Morgan fingerprint density at radius 3 is 2.53 bits per heavy atom. The van der Waals surface area contributed by atoms with Gasteiger partial charge in [0.05, 0.1) is 6.20 Å². The quantitative estimate of drug-likeness (QED) is 0.920. The zero-order valence-electron chi connectivity index (χ0n) is 10.3. The molecule has 100 valence electrons. The van der Waals surface area contributed by atoms with Gasteiger partial charge in [-0.25, -0.2) is 13.2 Å². The van der Waals surface area contributed by atoms with E-state index >= 15 is 0 Å². The molecule has 1 aromatic carbocycles. The number of hydrogen-bond acceptors (Lipinski definition) is 2. The minimum atomic E-state index is -0.616. The number of nitrogens with zero attached hydrogens (tertiary/aromatic N) is 1. The Bertz CT molecular complexity index is 572. The van der Waals surface area contributed by atoms with Gasteiger partial charge in [0.25, 0.3) is 0 Å². The van der Waals surface area contributed by atoms with Gasteiger partial charge in [-0.05, 0) is 36.7 Å². The molecule has 19 heavy (non-hydrogen) atoms. The van der Waals surface area contributed by atoms with Gasteiger partial charge in [0, 0.05) is 18.3 Å². The summed E-state index contributed by atoms with van der Waals surface area (Å²) < 4.78 is 39.5. The fourth-order valence-electron chi connectivity index (χ4n) is 1.91. The zero-order valence-corrected chi connectivity index (χ0v) is 10.3. The molecule has 2 rings (SSSR count). The lowest BCUT2D eigenvalue weighted by molar-refractivity contribution is 0.536. The summed E-state index contributed by atoms with van der Waals surface area (Å²) in [6.45, 7) is 0. The van der Waals surface area contributed by atoms with Crippen LogP contribution in [0.3, 0.4) is 0 Å². The van der Waals surface area contributed by atoms with Crippen molar-refractivity contribution in [2.45, 2.75) is 12.5 Å². The Morgan fingerprint density at radius 1 is 1.11 bits per heavy atom. The lowest BCUT2D eigenvalue weighted by Gasteiger charge is -2.16. The first kappa shape index (κ1) is 13.5. The summed E-state index contributed by atoms with van der Waals surface area (Å²) in [6, 6.07) is 4.49. The standard InChI is InChI=1S/C14H13F3N2/c1-18-14(10-4-12(16)8-19-7-10)5-9-2-3-11(15)6-13(9)17/h2-4,6-8,14,18H,5H2,1H3. The van der Waals surface area contributed by atoms with Crippen LogP contribution in [0.25, 0.3) is 0 Å². The minimum Gasteiger partial charge on any atom is -0.313 e. The Balaban J connectivity index is 2.24. The highest BCUT2D eigenvalue weighted by molar-refractivity contribution is 5.23. The molecular weight excluding hydrogens is 253 g/mol. The molecule has 0 saturated carbocycles. The maximum Gasteiger partial charge on any atom is 0.141 e. The van der Waals surface area contributed by atoms with Gasteiger partial charge < -0.3 is 5.32 Å². The van der Waals surface area contributed by atoms with E-state index in [2.05, 4.69) is 10.3 Å². The highest BCUT2D eigenvalue weighted by Gasteiger charge is 2.14. The van der Waals surface area contributed by atoms with Crippen LogP contribution in [0.4, 0.5) is 13.2 Å². The maximum absolute atomic E-state index is 13.6. The zero-order chi connectivity index (χ0) is 13.8. The SMILES string of the molecule is CNC(Cc1ccc(F)cc1F)c1cncc(F)c1. The number of pyridine rings is 1. The van der Waals surface area contributed by atoms with Gasteiger partial charge in [-0.2, -0.15) is 0 Å². The van der Waals surface area contributed by atoms with Crippen molar-refractivity contribution in [2.75, 3.05) is 7.05 Å². The van der Waals surface area contributed by atoms with Crippen LogP contribution in [-0.2, 0) is 6.42 Å². The topological polar surface area (TPSA) is 24.9 Å². The Labute approximate surface area is 109 Å². The van der Waals surface area contributed by atoms with Crippen LogP contribution in [0.15, 0.2) is 36.7 Å². The first-order valence-electron chi connectivity index (χ1n) is 5.82. The second-order valence-electron chi connectivity index (χ2n) is 4.22. The van der Waals surface area contributed by atoms with Gasteiger partial charge in [0.2, 0.25) is 0 Å². The maximum atomic E-state index is 13.6. The first-order chi connectivity index (χ1) is 9.10. The normalized spacial score (nSPS) is 12.4. The fourth-order valence-corrected chi connectivity index (χ4v) is 1.91. The second kappa shape index (κ2) is 5.84. The van der Waals surface area contributed by atoms with E-state index in [0.29, 0.717) is 11.1 Å². The van der Waals surface area contributed by atoms with Crippen molar-refractivity contribution in [3.63, 3.8) is 0 Å². The average Bonchev–Trinajstić information content (AvgIpc) is 2.38. The van der Waals surface area contributed by atoms with Crippen molar-refractivity contribution < 1.29 is 13.2 Å². The van der Waals surface area contributed by atoms with Gasteiger partial charge in [-0.3, -0.25) is 4.98 Å². The van der Waals surface area contributed by atoms with E-state index in [1.165, 1.54) is 24.4 Å². The average molecular weight is 266 g/mol. The van der Waals surface area contributed by atoms with Crippen molar-refractivity contribution in [1.82, 2.24) is 10.3 Å². The third kappa shape index (κ3) is 3.32. The molecular formula is C14H13F3N2. The van der Waals surface area contributed by atoms with Gasteiger partial charge in [-0.1, -0.05) is 6.07 Å². The summed E-state index contributed by atoms with van der Waals surface area (Å²) >= 11 is 0. The third-order valence-electron chi connectivity index (χ3n) is 2.92. The molecule has 0 spiro atoms. The monoisotopic (exact) mass is 266 g/mol. The third-order valence-corrected chi connectivity index (χ3v) is 2.92. The van der Waals surface area contributed by atoms with Gasteiger partial charge in [0.15, 0.2) is 0 Å². The molecule has 0 bridgehead atoms. The van der Waals surface area contributed by atoms with E-state index in [1.807, 2.05) is 0 Å². The summed E-state index contributed by atoms with van der Waals surface area (Å²) in [6.07, 6.45) is 2.91. The molecule has 1 aromatic heterocycles. The molecule has 1 heterocycles. The lowest BCUT2D eigenvalue weighted by Crippen LogP contribution is -2.19. The number of rotatable bonds is 4. The van der Waals surface area contributed by atoms with E-state index < -0.39 is 17.5 Å². The summed E-state index contributed by atoms with van der Waals surface area (Å²) in [5.41, 5.74) is 0.983. The molecule has 1 N–H and O–H groups in total. The molecule has 2 aromatic rings. The van der Waals surface area contributed by atoms with Crippen molar-refractivity contribution in [2.24, 2.45) is 0 Å². The molecule has 0 aliphatic carbocycles. The molecule has 0 aliphatic heterocycles. The van der Waals surface area contributed by atoms with Gasteiger partial charge in [-0.15, -0.1) is 0 Å². The minimum absolute atomic E-state index is 0.285. The molecule has 2 nitrogen and oxygen atoms in total. The van der Waals surface area contributed by atoms with E-state index in [-0.39, 0.29) is 12.5 Å². The summed E-state index contributed by atoms with van der Waals surface area (Å²) in [5.74, 6) is -1.67. The van der Waals surface area contributed by atoms with E-state index in [1.54, 1.807) is 7.05 Å². The Morgan fingerprint density at radius 2 is 1.89 bits per heavy atom. The molecule has 0 amide bonds. The number of benzene rings is 1. The lowest BCUT2D eigenvalue weighted by atomic mass is 10.00. The largest absolute Gasteiger partial charge is 0.313 e. The van der Waals surface area contributed by atoms with Crippen molar-refractivity contribution in [3.8, 4) is 0 Å². The first-order valence-corrected chi connectivity index (χ1v) is 5.82. The van der Waals surface area contributed by atoms with E-state index in [4.69, 9.17) is 0 Å². The highest BCUT2D eigenvalue weighted by Crippen LogP contribution is 2.20. The molecule has 5 heteroatoms. The summed E-state index contributed by atoms with van der Waals surface area (Å²) in [4.78, 5) is 3.76.